The average Bonchev–Trinajstić information content (AvgIpc) is 3.10. The predicted molar refractivity (Wildman–Crippen MR) is 82.9 cm³/mol. The van der Waals surface area contributed by atoms with E-state index < -0.39 is 5.97 Å². The first-order valence-corrected chi connectivity index (χ1v) is 7.33. The highest BCUT2D eigenvalue weighted by molar-refractivity contribution is 7.12. The molecule has 0 saturated carbocycles. The molecular weight excluding hydrogens is 310 g/mol. The number of benzene rings is 1. The molecule has 1 aliphatic rings. The molecule has 0 bridgehead atoms. The summed E-state index contributed by atoms with van der Waals surface area (Å²) in [6.45, 7) is 0. The Kier molecular flexibility index (Phi) is 3.77. The van der Waals surface area contributed by atoms with Gasteiger partial charge in [0.2, 0.25) is 5.90 Å². The summed E-state index contributed by atoms with van der Waals surface area (Å²) >= 11 is 7.43. The van der Waals surface area contributed by atoms with E-state index in [0.717, 1.165) is 4.88 Å². The Labute approximate surface area is 130 Å². The minimum atomic E-state index is -0.486. The first-order valence-electron chi connectivity index (χ1n) is 6.07. The Balaban J connectivity index is 2.00. The first kappa shape index (κ1) is 13.9. The van der Waals surface area contributed by atoms with Crippen LogP contribution in [0.25, 0.3) is 6.08 Å². The summed E-state index contributed by atoms with van der Waals surface area (Å²) in [5, 5.41) is 2.45. The average molecular weight is 320 g/mol. The number of methoxy groups -OCH3 is 1. The molecule has 0 spiro atoms. The quantitative estimate of drug-likeness (QED) is 0.639. The third kappa shape index (κ3) is 2.84. The largest absolute Gasteiger partial charge is 0.496 e. The van der Waals surface area contributed by atoms with Crippen LogP contribution in [0.4, 0.5) is 0 Å². The van der Waals surface area contributed by atoms with Crippen molar-refractivity contribution < 1.29 is 14.3 Å². The maximum atomic E-state index is 11.9. The second-order valence-corrected chi connectivity index (χ2v) is 5.58. The van der Waals surface area contributed by atoms with Crippen LogP contribution >= 0.6 is 22.9 Å². The maximum absolute atomic E-state index is 11.9. The van der Waals surface area contributed by atoms with Crippen molar-refractivity contribution in [2.24, 2.45) is 4.99 Å². The van der Waals surface area contributed by atoms with Gasteiger partial charge >= 0.3 is 5.97 Å². The third-order valence-electron chi connectivity index (χ3n) is 2.84. The van der Waals surface area contributed by atoms with Gasteiger partial charge in [0.15, 0.2) is 5.70 Å². The number of aliphatic imine (C=N–C) groups is 1. The molecule has 3 rings (SSSR count). The van der Waals surface area contributed by atoms with Crippen molar-refractivity contribution in [3.8, 4) is 5.75 Å². The second-order valence-electron chi connectivity index (χ2n) is 4.20. The van der Waals surface area contributed by atoms with Gasteiger partial charge in [-0.25, -0.2) is 9.79 Å². The van der Waals surface area contributed by atoms with E-state index in [0.29, 0.717) is 22.2 Å². The number of carbonyl (C=O) groups excluding carboxylic acids is 1. The molecule has 0 aliphatic carbocycles. The standard InChI is InChI=1S/C15H10ClNO3S/c1-19-12-5-4-10(16)7-9(12)8-11-15(18)20-14(17-11)13-3-2-6-21-13/h2-8H,1H3/b11-8+. The van der Waals surface area contributed by atoms with Crippen LogP contribution in [-0.2, 0) is 9.53 Å². The molecule has 2 heterocycles. The summed E-state index contributed by atoms with van der Waals surface area (Å²) in [5.41, 5.74) is 0.895. The van der Waals surface area contributed by atoms with E-state index in [-0.39, 0.29) is 5.70 Å². The fourth-order valence-electron chi connectivity index (χ4n) is 1.88. The molecule has 1 aromatic heterocycles. The van der Waals surface area contributed by atoms with Crippen molar-refractivity contribution in [1.82, 2.24) is 0 Å². The lowest BCUT2D eigenvalue weighted by molar-refractivity contribution is -0.129. The summed E-state index contributed by atoms with van der Waals surface area (Å²) in [4.78, 5) is 16.9. The molecule has 21 heavy (non-hydrogen) atoms. The smallest absolute Gasteiger partial charge is 0.363 e. The molecule has 4 nitrogen and oxygen atoms in total. The lowest BCUT2D eigenvalue weighted by Crippen LogP contribution is -2.03. The Morgan fingerprint density at radius 2 is 2.24 bits per heavy atom. The van der Waals surface area contributed by atoms with E-state index in [1.54, 1.807) is 31.4 Å². The number of cyclic esters (lactones) is 1. The number of ether oxygens (including phenoxy) is 2. The molecule has 0 fully saturated rings. The fraction of sp³-hybridized carbons (Fsp3) is 0.0667. The Morgan fingerprint density at radius 1 is 1.38 bits per heavy atom. The van der Waals surface area contributed by atoms with Gasteiger partial charge in [-0.1, -0.05) is 17.7 Å². The number of esters is 1. The number of thiophene rings is 1. The van der Waals surface area contributed by atoms with Crippen LogP contribution in [0, 0.1) is 0 Å². The van der Waals surface area contributed by atoms with Gasteiger partial charge in [0.05, 0.1) is 12.0 Å². The van der Waals surface area contributed by atoms with E-state index in [1.807, 2.05) is 17.5 Å². The van der Waals surface area contributed by atoms with Crippen LogP contribution in [0.5, 0.6) is 5.75 Å². The number of hydrogen-bond donors (Lipinski definition) is 0. The molecular formula is C15H10ClNO3S. The second kappa shape index (κ2) is 5.71. The summed E-state index contributed by atoms with van der Waals surface area (Å²) < 4.78 is 10.4. The number of hydrogen-bond acceptors (Lipinski definition) is 5. The van der Waals surface area contributed by atoms with Crippen molar-refractivity contribution in [3.05, 3.63) is 56.9 Å². The van der Waals surface area contributed by atoms with Crippen molar-refractivity contribution >= 4 is 40.9 Å². The van der Waals surface area contributed by atoms with E-state index >= 15 is 0 Å². The molecule has 0 N–H and O–H groups in total. The van der Waals surface area contributed by atoms with E-state index in [1.165, 1.54) is 11.3 Å². The number of carbonyl (C=O) groups is 1. The summed E-state index contributed by atoms with van der Waals surface area (Å²) in [5.74, 6) is 0.446. The summed E-state index contributed by atoms with van der Waals surface area (Å²) in [6.07, 6.45) is 1.60. The molecule has 0 amide bonds. The summed E-state index contributed by atoms with van der Waals surface area (Å²) in [6, 6.07) is 8.88. The van der Waals surface area contributed by atoms with Crippen LogP contribution < -0.4 is 4.74 Å². The van der Waals surface area contributed by atoms with Gasteiger partial charge in [-0.15, -0.1) is 11.3 Å². The van der Waals surface area contributed by atoms with Gasteiger partial charge in [-0.05, 0) is 35.7 Å². The van der Waals surface area contributed by atoms with E-state index in [9.17, 15) is 4.79 Å². The van der Waals surface area contributed by atoms with Crippen molar-refractivity contribution in [2.45, 2.75) is 0 Å². The molecule has 1 aliphatic heterocycles. The highest BCUT2D eigenvalue weighted by Crippen LogP contribution is 2.27. The maximum Gasteiger partial charge on any atom is 0.363 e. The molecule has 0 radical (unpaired) electrons. The van der Waals surface area contributed by atoms with Crippen molar-refractivity contribution in [1.29, 1.82) is 0 Å². The fourth-order valence-corrected chi connectivity index (χ4v) is 2.71. The van der Waals surface area contributed by atoms with Gasteiger partial charge in [-0.2, -0.15) is 0 Å². The van der Waals surface area contributed by atoms with Crippen LogP contribution in [0.2, 0.25) is 5.02 Å². The highest BCUT2D eigenvalue weighted by Gasteiger charge is 2.25. The SMILES string of the molecule is COc1ccc(Cl)cc1/C=C1/N=C(c2cccs2)OC1=O. The lowest BCUT2D eigenvalue weighted by atomic mass is 10.1. The molecule has 0 unspecified atom stereocenters. The van der Waals surface area contributed by atoms with E-state index in [4.69, 9.17) is 21.1 Å². The molecule has 106 valence electrons. The number of nitrogens with zero attached hydrogens (tertiary/aromatic N) is 1. The van der Waals surface area contributed by atoms with Crippen LogP contribution in [-0.4, -0.2) is 19.0 Å². The molecule has 1 aromatic carbocycles. The van der Waals surface area contributed by atoms with Crippen LogP contribution in [0.15, 0.2) is 46.4 Å². The van der Waals surface area contributed by atoms with E-state index in [2.05, 4.69) is 4.99 Å². The Morgan fingerprint density at radius 3 is 2.95 bits per heavy atom. The van der Waals surface area contributed by atoms with Gasteiger partial charge in [-0.3, -0.25) is 0 Å². The molecule has 2 aromatic rings. The predicted octanol–water partition coefficient (Wildman–Crippen LogP) is 3.75. The Hall–Kier alpha value is -2.11. The lowest BCUT2D eigenvalue weighted by Gasteiger charge is -2.04. The van der Waals surface area contributed by atoms with Gasteiger partial charge in [0.1, 0.15) is 5.75 Å². The van der Waals surface area contributed by atoms with Gasteiger partial charge in [0, 0.05) is 10.6 Å². The van der Waals surface area contributed by atoms with Gasteiger partial charge in [0.25, 0.3) is 0 Å². The molecule has 6 heteroatoms. The first-order chi connectivity index (χ1) is 10.2. The normalized spacial score (nSPS) is 16.0. The van der Waals surface area contributed by atoms with Gasteiger partial charge < -0.3 is 9.47 Å². The monoisotopic (exact) mass is 319 g/mol. The van der Waals surface area contributed by atoms with Crippen LogP contribution in [0.3, 0.4) is 0 Å². The van der Waals surface area contributed by atoms with Crippen molar-refractivity contribution in [2.75, 3.05) is 7.11 Å². The Bertz CT molecular complexity index is 750. The topological polar surface area (TPSA) is 47.9 Å². The minimum absolute atomic E-state index is 0.221. The minimum Gasteiger partial charge on any atom is -0.496 e. The highest BCUT2D eigenvalue weighted by atomic mass is 35.5. The molecule has 0 saturated heterocycles. The zero-order chi connectivity index (χ0) is 14.8. The zero-order valence-electron chi connectivity index (χ0n) is 11.0. The summed E-state index contributed by atoms with van der Waals surface area (Å²) in [7, 11) is 1.55. The van der Waals surface area contributed by atoms with Crippen molar-refractivity contribution in [3.63, 3.8) is 0 Å². The molecule has 0 atom stereocenters. The third-order valence-corrected chi connectivity index (χ3v) is 3.93. The number of halogens is 1. The zero-order valence-corrected chi connectivity index (χ0v) is 12.6. The number of rotatable bonds is 3. The van der Waals surface area contributed by atoms with Crippen LogP contribution in [0.1, 0.15) is 10.4 Å².